The van der Waals surface area contributed by atoms with E-state index in [9.17, 15) is 0 Å². The minimum Gasteiger partial charge on any atom is -0.312 e. The minimum atomic E-state index is -0.385. The molecule has 1 heterocycles. The van der Waals surface area contributed by atoms with Gasteiger partial charge in [-0.1, -0.05) is 0 Å². The Morgan fingerprint density at radius 3 is 2.67 bits per heavy atom. The molecule has 4 heteroatoms. The van der Waals surface area contributed by atoms with E-state index in [2.05, 4.69) is 24.5 Å². The summed E-state index contributed by atoms with van der Waals surface area (Å²) < 4.78 is 0. The van der Waals surface area contributed by atoms with Crippen molar-refractivity contribution in [3.05, 3.63) is 0 Å². The maximum Gasteiger partial charge on any atom is 0.107 e. The normalized spacial score (nSPS) is 29.2. The van der Waals surface area contributed by atoms with Crippen LogP contribution in [0.1, 0.15) is 26.7 Å². The first-order valence-corrected chi connectivity index (χ1v) is 4.52. The van der Waals surface area contributed by atoms with Crippen LogP contribution >= 0.6 is 0 Å². The van der Waals surface area contributed by atoms with E-state index in [-0.39, 0.29) is 11.8 Å². The molecule has 0 aromatic heterocycles. The molecular formula is C8H20N4. The molecule has 1 saturated heterocycles. The topological polar surface area (TPSA) is 76.1 Å². The Morgan fingerprint density at radius 1 is 1.50 bits per heavy atom. The number of rotatable bonds is 2. The molecule has 0 aromatic rings. The van der Waals surface area contributed by atoms with Crippen molar-refractivity contribution < 1.29 is 0 Å². The third-order valence-electron chi connectivity index (χ3n) is 2.28. The summed E-state index contributed by atoms with van der Waals surface area (Å²) in [5.41, 5.74) is 11.1. The van der Waals surface area contributed by atoms with Gasteiger partial charge in [-0.3, -0.25) is 5.32 Å². The predicted octanol–water partition coefficient (Wildman–Crippen LogP) is -0.692. The fraction of sp³-hybridized carbons (Fsp3) is 1.00. The van der Waals surface area contributed by atoms with Crippen molar-refractivity contribution in [1.82, 2.24) is 10.6 Å². The van der Waals surface area contributed by atoms with Gasteiger partial charge in [0.2, 0.25) is 0 Å². The zero-order chi connectivity index (χ0) is 9.19. The molecule has 1 fully saturated rings. The molecule has 0 bridgehead atoms. The zero-order valence-electron chi connectivity index (χ0n) is 7.93. The lowest BCUT2D eigenvalue weighted by Gasteiger charge is -2.37. The van der Waals surface area contributed by atoms with Gasteiger partial charge in [-0.25, -0.2) is 0 Å². The molecule has 1 rings (SSSR count). The molecule has 0 aromatic carbocycles. The SMILES string of the molecule is CC1(C)CC(NC(N)N)CCN1. The van der Waals surface area contributed by atoms with Crippen LogP contribution in [0.3, 0.4) is 0 Å². The van der Waals surface area contributed by atoms with Crippen molar-refractivity contribution in [2.75, 3.05) is 6.54 Å². The molecule has 0 spiro atoms. The smallest absolute Gasteiger partial charge is 0.107 e. The Hall–Kier alpha value is -0.160. The summed E-state index contributed by atoms with van der Waals surface area (Å²) in [6.45, 7) is 5.43. The molecular weight excluding hydrogens is 152 g/mol. The van der Waals surface area contributed by atoms with E-state index in [4.69, 9.17) is 11.5 Å². The second kappa shape index (κ2) is 3.70. The standard InChI is InChI=1S/C8H20N4/c1-8(2)5-6(3-4-11-8)12-7(9)10/h6-7,11-12H,3-5,9-10H2,1-2H3. The second-order valence-corrected chi connectivity index (χ2v) is 4.19. The summed E-state index contributed by atoms with van der Waals surface area (Å²) in [7, 11) is 0. The van der Waals surface area contributed by atoms with Crippen LogP contribution in [0, 0.1) is 0 Å². The summed E-state index contributed by atoms with van der Waals surface area (Å²) in [6.07, 6.45) is 1.80. The Labute approximate surface area is 74.1 Å². The number of hydrogen-bond acceptors (Lipinski definition) is 4. The fourth-order valence-corrected chi connectivity index (χ4v) is 1.79. The lowest BCUT2D eigenvalue weighted by molar-refractivity contribution is 0.236. The van der Waals surface area contributed by atoms with Crippen LogP contribution in [0.4, 0.5) is 0 Å². The van der Waals surface area contributed by atoms with E-state index in [0.717, 1.165) is 19.4 Å². The Kier molecular flexibility index (Phi) is 3.06. The van der Waals surface area contributed by atoms with Crippen LogP contribution in [-0.4, -0.2) is 24.4 Å². The van der Waals surface area contributed by atoms with Gasteiger partial charge in [-0.15, -0.1) is 0 Å². The van der Waals surface area contributed by atoms with E-state index >= 15 is 0 Å². The molecule has 1 aliphatic heterocycles. The molecule has 0 saturated carbocycles. The van der Waals surface area contributed by atoms with Crippen LogP contribution in [0.2, 0.25) is 0 Å². The van der Waals surface area contributed by atoms with Gasteiger partial charge in [0, 0.05) is 11.6 Å². The maximum absolute atomic E-state index is 5.46. The van der Waals surface area contributed by atoms with Crippen LogP contribution in [0.15, 0.2) is 0 Å². The van der Waals surface area contributed by atoms with Crippen molar-refractivity contribution in [2.24, 2.45) is 11.5 Å². The minimum absolute atomic E-state index is 0.213. The molecule has 6 N–H and O–H groups in total. The van der Waals surface area contributed by atoms with E-state index in [1.165, 1.54) is 0 Å². The highest BCUT2D eigenvalue weighted by Gasteiger charge is 2.27. The van der Waals surface area contributed by atoms with Crippen molar-refractivity contribution in [2.45, 2.75) is 44.6 Å². The lowest BCUT2D eigenvalue weighted by Crippen LogP contribution is -2.57. The van der Waals surface area contributed by atoms with Crippen LogP contribution < -0.4 is 22.1 Å². The summed E-state index contributed by atoms with van der Waals surface area (Å²) in [6, 6.07) is 0.459. The Balaban J connectivity index is 2.36. The van der Waals surface area contributed by atoms with Crippen molar-refractivity contribution in [3.63, 3.8) is 0 Å². The quantitative estimate of drug-likeness (QED) is 0.416. The van der Waals surface area contributed by atoms with Crippen LogP contribution in [0.5, 0.6) is 0 Å². The van der Waals surface area contributed by atoms with Gasteiger partial charge in [0.15, 0.2) is 0 Å². The molecule has 0 aliphatic carbocycles. The van der Waals surface area contributed by atoms with E-state index in [1.807, 2.05) is 0 Å². The van der Waals surface area contributed by atoms with Crippen LogP contribution in [0.25, 0.3) is 0 Å². The molecule has 12 heavy (non-hydrogen) atoms. The number of piperidine rings is 1. The molecule has 0 amide bonds. The maximum atomic E-state index is 5.46. The first kappa shape index (κ1) is 9.92. The molecule has 4 nitrogen and oxygen atoms in total. The summed E-state index contributed by atoms with van der Waals surface area (Å²) in [4.78, 5) is 0. The fourth-order valence-electron chi connectivity index (χ4n) is 1.79. The van der Waals surface area contributed by atoms with Gasteiger partial charge in [-0.2, -0.15) is 0 Å². The Morgan fingerprint density at radius 2 is 2.17 bits per heavy atom. The van der Waals surface area contributed by atoms with Crippen LogP contribution in [-0.2, 0) is 0 Å². The van der Waals surface area contributed by atoms with E-state index in [0.29, 0.717) is 6.04 Å². The molecule has 72 valence electrons. The van der Waals surface area contributed by atoms with Gasteiger partial charge in [-0.05, 0) is 33.2 Å². The highest BCUT2D eigenvalue weighted by atomic mass is 15.2. The molecule has 1 aliphatic rings. The second-order valence-electron chi connectivity index (χ2n) is 4.19. The summed E-state index contributed by atoms with van der Waals surface area (Å²) in [5, 5.41) is 6.59. The average molecular weight is 172 g/mol. The van der Waals surface area contributed by atoms with Gasteiger partial charge < -0.3 is 16.8 Å². The number of nitrogens with one attached hydrogen (secondary N) is 2. The van der Waals surface area contributed by atoms with Gasteiger partial charge >= 0.3 is 0 Å². The highest BCUT2D eigenvalue weighted by Crippen LogP contribution is 2.17. The highest BCUT2D eigenvalue weighted by molar-refractivity contribution is 4.89. The zero-order valence-corrected chi connectivity index (χ0v) is 7.93. The van der Waals surface area contributed by atoms with Gasteiger partial charge in [0.25, 0.3) is 0 Å². The number of nitrogens with two attached hydrogens (primary N) is 2. The molecule has 1 atom stereocenters. The summed E-state index contributed by atoms with van der Waals surface area (Å²) in [5.74, 6) is 0. The van der Waals surface area contributed by atoms with E-state index < -0.39 is 0 Å². The number of hydrogen-bond donors (Lipinski definition) is 4. The average Bonchev–Trinajstić information content (AvgIpc) is 1.82. The van der Waals surface area contributed by atoms with Crippen molar-refractivity contribution in [1.29, 1.82) is 0 Å². The van der Waals surface area contributed by atoms with Crippen molar-refractivity contribution >= 4 is 0 Å². The Bertz CT molecular complexity index is 144. The van der Waals surface area contributed by atoms with Crippen molar-refractivity contribution in [3.8, 4) is 0 Å². The van der Waals surface area contributed by atoms with Gasteiger partial charge in [0.1, 0.15) is 6.29 Å². The van der Waals surface area contributed by atoms with Gasteiger partial charge in [0.05, 0.1) is 0 Å². The molecule has 1 unspecified atom stereocenters. The monoisotopic (exact) mass is 172 g/mol. The third kappa shape index (κ3) is 3.06. The predicted molar refractivity (Wildman–Crippen MR) is 50.4 cm³/mol. The molecule has 0 radical (unpaired) electrons. The summed E-state index contributed by atoms with van der Waals surface area (Å²) >= 11 is 0. The first-order chi connectivity index (χ1) is 5.49. The largest absolute Gasteiger partial charge is 0.312 e. The third-order valence-corrected chi connectivity index (χ3v) is 2.28. The lowest BCUT2D eigenvalue weighted by atomic mass is 9.89. The first-order valence-electron chi connectivity index (χ1n) is 4.52. The van der Waals surface area contributed by atoms with E-state index in [1.54, 1.807) is 0 Å².